The molecule has 0 aliphatic carbocycles. The fraction of sp³-hybridized carbons (Fsp3) is 0.250. The molecule has 0 amide bonds. The van der Waals surface area contributed by atoms with Crippen molar-refractivity contribution in [2.24, 2.45) is 0 Å². The predicted molar refractivity (Wildman–Crippen MR) is 60.6 cm³/mol. The van der Waals surface area contributed by atoms with E-state index in [2.05, 4.69) is 15.4 Å². The average Bonchev–Trinajstić information content (AvgIpc) is 2.84. The first-order valence-electron chi connectivity index (χ1n) is 4.33. The third-order valence-corrected chi connectivity index (χ3v) is 3.54. The van der Waals surface area contributed by atoms with Crippen LogP contribution in [0.15, 0.2) is 14.9 Å². The number of aromatic nitrogens is 3. The summed E-state index contributed by atoms with van der Waals surface area (Å²) in [5.74, 6) is 0.380. The number of carbonyl (C=O) groups is 1. The van der Waals surface area contributed by atoms with Crippen molar-refractivity contribution in [2.75, 3.05) is 11.5 Å². The van der Waals surface area contributed by atoms with E-state index in [4.69, 9.17) is 10.3 Å². The van der Waals surface area contributed by atoms with Crippen LogP contribution in [0.4, 0.5) is 5.13 Å². The number of thioether (sulfide) groups is 1. The van der Waals surface area contributed by atoms with Crippen molar-refractivity contribution < 1.29 is 9.32 Å². The highest BCUT2D eigenvalue weighted by Crippen LogP contribution is 2.24. The Morgan fingerprint density at radius 1 is 1.62 bits per heavy atom. The highest BCUT2D eigenvalue weighted by Gasteiger charge is 2.13. The molecule has 8 heteroatoms. The van der Waals surface area contributed by atoms with Gasteiger partial charge in [-0.2, -0.15) is 0 Å². The molecule has 84 valence electrons. The Hall–Kier alpha value is -1.41. The second-order valence-corrected chi connectivity index (χ2v) is 5.18. The third kappa shape index (κ3) is 2.58. The van der Waals surface area contributed by atoms with Gasteiger partial charge in [-0.15, -0.1) is 10.2 Å². The summed E-state index contributed by atoms with van der Waals surface area (Å²) >= 11 is 2.53. The van der Waals surface area contributed by atoms with Crippen LogP contribution in [0, 0.1) is 6.92 Å². The van der Waals surface area contributed by atoms with Gasteiger partial charge in [0.15, 0.2) is 4.34 Å². The van der Waals surface area contributed by atoms with Gasteiger partial charge >= 0.3 is 0 Å². The number of nitrogens with zero attached hydrogens (tertiary/aromatic N) is 3. The predicted octanol–water partition coefficient (Wildman–Crippen LogP) is 1.39. The van der Waals surface area contributed by atoms with Crippen molar-refractivity contribution in [3.05, 3.63) is 17.5 Å². The summed E-state index contributed by atoms with van der Waals surface area (Å²) < 4.78 is 5.52. The number of ketones is 1. The first-order valence-corrected chi connectivity index (χ1v) is 6.13. The zero-order valence-electron chi connectivity index (χ0n) is 8.34. The smallest absolute Gasteiger partial charge is 0.211 e. The fourth-order valence-corrected chi connectivity index (χ4v) is 2.48. The highest BCUT2D eigenvalue weighted by atomic mass is 32.2. The fourth-order valence-electron chi connectivity index (χ4n) is 0.972. The van der Waals surface area contributed by atoms with E-state index in [1.807, 2.05) is 0 Å². The van der Waals surface area contributed by atoms with Gasteiger partial charge in [0.25, 0.3) is 0 Å². The molecule has 0 bridgehead atoms. The van der Waals surface area contributed by atoms with E-state index in [-0.39, 0.29) is 17.3 Å². The Labute approximate surface area is 99.2 Å². The molecule has 0 aliphatic rings. The van der Waals surface area contributed by atoms with E-state index < -0.39 is 0 Å². The molecule has 2 heterocycles. The molecule has 2 N–H and O–H groups in total. The SMILES string of the molecule is Cc1cc(C(=O)CSc2nnc(N)s2)on1. The molecule has 2 aromatic rings. The first kappa shape index (κ1) is 11.1. The summed E-state index contributed by atoms with van der Waals surface area (Å²) in [6.45, 7) is 1.76. The van der Waals surface area contributed by atoms with Crippen LogP contribution in [0.2, 0.25) is 0 Å². The number of aryl methyl sites for hydroxylation is 1. The van der Waals surface area contributed by atoms with Crippen molar-refractivity contribution >= 4 is 34.0 Å². The van der Waals surface area contributed by atoms with E-state index in [1.165, 1.54) is 23.1 Å². The van der Waals surface area contributed by atoms with Crippen molar-refractivity contribution in [2.45, 2.75) is 11.3 Å². The monoisotopic (exact) mass is 256 g/mol. The van der Waals surface area contributed by atoms with Crippen molar-refractivity contribution in [1.82, 2.24) is 15.4 Å². The number of nitrogen functional groups attached to an aromatic ring is 1. The maximum Gasteiger partial charge on any atom is 0.211 e. The molecule has 0 saturated carbocycles. The minimum Gasteiger partial charge on any atom is -0.374 e. The minimum atomic E-state index is -0.126. The average molecular weight is 256 g/mol. The number of hydrogen-bond acceptors (Lipinski definition) is 8. The number of rotatable bonds is 4. The molecule has 0 atom stereocenters. The second-order valence-electron chi connectivity index (χ2n) is 2.95. The molecule has 0 fully saturated rings. The van der Waals surface area contributed by atoms with Gasteiger partial charge in [-0.3, -0.25) is 4.79 Å². The molecule has 0 radical (unpaired) electrons. The maximum atomic E-state index is 11.6. The van der Waals surface area contributed by atoms with Crippen LogP contribution < -0.4 is 5.73 Å². The zero-order chi connectivity index (χ0) is 11.5. The van der Waals surface area contributed by atoms with E-state index in [1.54, 1.807) is 13.0 Å². The maximum absolute atomic E-state index is 11.6. The van der Waals surface area contributed by atoms with E-state index in [0.717, 1.165) is 0 Å². The van der Waals surface area contributed by atoms with Crippen molar-refractivity contribution in [3.8, 4) is 0 Å². The molecule has 0 aliphatic heterocycles. The largest absolute Gasteiger partial charge is 0.374 e. The molecule has 2 rings (SSSR count). The molecule has 0 unspecified atom stereocenters. The lowest BCUT2D eigenvalue weighted by Crippen LogP contribution is -2.00. The van der Waals surface area contributed by atoms with Crippen LogP contribution in [-0.4, -0.2) is 26.9 Å². The Morgan fingerprint density at radius 2 is 2.44 bits per heavy atom. The second kappa shape index (κ2) is 4.62. The van der Waals surface area contributed by atoms with Gasteiger partial charge in [0.1, 0.15) is 0 Å². The molecular formula is C8H8N4O2S2. The lowest BCUT2D eigenvalue weighted by atomic mass is 10.3. The number of nitrogens with two attached hydrogens (primary N) is 1. The van der Waals surface area contributed by atoms with Crippen molar-refractivity contribution in [3.63, 3.8) is 0 Å². The molecule has 2 aromatic heterocycles. The Balaban J connectivity index is 1.93. The van der Waals surface area contributed by atoms with E-state index >= 15 is 0 Å². The Kier molecular flexibility index (Phi) is 3.20. The first-order chi connectivity index (χ1) is 7.65. The summed E-state index contributed by atoms with van der Waals surface area (Å²) in [6, 6.07) is 1.61. The van der Waals surface area contributed by atoms with Crippen LogP contribution in [0.5, 0.6) is 0 Å². The van der Waals surface area contributed by atoms with Gasteiger partial charge in [0.05, 0.1) is 11.4 Å². The quantitative estimate of drug-likeness (QED) is 0.652. The van der Waals surface area contributed by atoms with Crippen LogP contribution in [0.25, 0.3) is 0 Å². The summed E-state index contributed by atoms with van der Waals surface area (Å²) in [5.41, 5.74) is 6.11. The van der Waals surface area contributed by atoms with Crippen LogP contribution >= 0.6 is 23.1 Å². The van der Waals surface area contributed by atoms with Gasteiger partial charge in [0, 0.05) is 6.07 Å². The summed E-state index contributed by atoms with van der Waals surface area (Å²) in [6.07, 6.45) is 0. The third-order valence-electron chi connectivity index (χ3n) is 1.65. The molecule has 0 spiro atoms. The lowest BCUT2D eigenvalue weighted by molar-refractivity contribution is 0.0983. The lowest BCUT2D eigenvalue weighted by Gasteiger charge is -1.92. The minimum absolute atomic E-state index is 0.126. The zero-order valence-corrected chi connectivity index (χ0v) is 9.97. The molecule has 0 aromatic carbocycles. The molecule has 16 heavy (non-hydrogen) atoms. The standard InChI is InChI=1S/C8H8N4O2S2/c1-4-2-6(14-12-4)5(13)3-15-8-11-10-7(9)16-8/h2H,3H2,1H3,(H2,9,10). The summed E-state index contributed by atoms with van der Waals surface area (Å²) in [5, 5.41) is 11.5. The van der Waals surface area contributed by atoms with Gasteiger partial charge in [-0.1, -0.05) is 28.3 Å². The van der Waals surface area contributed by atoms with E-state index in [0.29, 0.717) is 15.2 Å². The molecule has 6 nitrogen and oxygen atoms in total. The highest BCUT2D eigenvalue weighted by molar-refractivity contribution is 8.01. The van der Waals surface area contributed by atoms with Crippen LogP contribution in [0.3, 0.4) is 0 Å². The van der Waals surface area contributed by atoms with Crippen LogP contribution in [0.1, 0.15) is 16.2 Å². The molecule has 0 saturated heterocycles. The molecular weight excluding hydrogens is 248 g/mol. The van der Waals surface area contributed by atoms with Crippen molar-refractivity contribution in [1.29, 1.82) is 0 Å². The number of carbonyl (C=O) groups excluding carboxylic acids is 1. The normalized spacial score (nSPS) is 10.6. The van der Waals surface area contributed by atoms with Gasteiger partial charge < -0.3 is 10.3 Å². The number of hydrogen-bond donors (Lipinski definition) is 1. The van der Waals surface area contributed by atoms with Gasteiger partial charge in [0.2, 0.25) is 16.7 Å². The summed E-state index contributed by atoms with van der Waals surface area (Å²) in [7, 11) is 0. The topological polar surface area (TPSA) is 94.9 Å². The van der Waals surface area contributed by atoms with Gasteiger partial charge in [-0.05, 0) is 6.92 Å². The van der Waals surface area contributed by atoms with Crippen LogP contribution in [-0.2, 0) is 0 Å². The van der Waals surface area contributed by atoms with E-state index in [9.17, 15) is 4.79 Å². The van der Waals surface area contributed by atoms with Gasteiger partial charge in [-0.25, -0.2) is 0 Å². The number of anilines is 1. The Morgan fingerprint density at radius 3 is 3.00 bits per heavy atom. The Bertz CT molecular complexity index is 508. The number of Topliss-reactive ketones (excluding diaryl/α,β-unsaturated/α-hetero) is 1. The summed E-state index contributed by atoms with van der Waals surface area (Å²) in [4.78, 5) is 11.6.